The second-order valence-corrected chi connectivity index (χ2v) is 4.75. The van der Waals surface area contributed by atoms with Crippen molar-refractivity contribution in [1.82, 2.24) is 5.32 Å². The van der Waals surface area contributed by atoms with E-state index in [4.69, 9.17) is 9.47 Å². The Bertz CT molecular complexity index is 415. The maximum Gasteiger partial charge on any atom is 0.231 e. The van der Waals surface area contributed by atoms with Gasteiger partial charge in [-0.2, -0.15) is 0 Å². The Balaban J connectivity index is 2.12. The van der Waals surface area contributed by atoms with Crippen molar-refractivity contribution >= 4 is 6.29 Å². The monoisotopic (exact) mass is 235 g/mol. The van der Waals surface area contributed by atoms with Crippen LogP contribution in [0.15, 0.2) is 18.2 Å². The molecule has 0 aliphatic carbocycles. The molecule has 0 unspecified atom stereocenters. The summed E-state index contributed by atoms with van der Waals surface area (Å²) in [5.74, 6) is 1.59. The zero-order valence-corrected chi connectivity index (χ0v) is 10.2. The lowest BCUT2D eigenvalue weighted by Gasteiger charge is -2.25. The molecule has 1 aromatic carbocycles. The van der Waals surface area contributed by atoms with Crippen LogP contribution in [-0.4, -0.2) is 26.2 Å². The highest BCUT2D eigenvalue weighted by Crippen LogP contribution is 2.36. The number of nitrogens with one attached hydrogen (secondary N) is 1. The van der Waals surface area contributed by atoms with Crippen molar-refractivity contribution in [3.05, 3.63) is 23.8 Å². The summed E-state index contributed by atoms with van der Waals surface area (Å²) < 4.78 is 10.6. The molecule has 4 heteroatoms. The molecule has 0 radical (unpaired) electrons. The van der Waals surface area contributed by atoms with E-state index in [9.17, 15) is 4.79 Å². The molecule has 0 spiro atoms. The van der Waals surface area contributed by atoms with Crippen molar-refractivity contribution in [1.29, 1.82) is 0 Å². The first-order chi connectivity index (χ1) is 8.13. The molecule has 1 aromatic rings. The van der Waals surface area contributed by atoms with Crippen molar-refractivity contribution in [2.45, 2.75) is 19.3 Å². The van der Waals surface area contributed by atoms with Gasteiger partial charge < -0.3 is 19.6 Å². The highest BCUT2D eigenvalue weighted by molar-refractivity contribution is 5.52. The van der Waals surface area contributed by atoms with Gasteiger partial charge in [0, 0.05) is 12.0 Å². The number of ether oxygens (including phenoxy) is 2. The number of rotatable bonds is 5. The molecule has 0 aromatic heterocycles. The highest BCUT2D eigenvalue weighted by atomic mass is 16.7. The van der Waals surface area contributed by atoms with Crippen molar-refractivity contribution in [3.63, 3.8) is 0 Å². The summed E-state index contributed by atoms with van der Waals surface area (Å²) in [5.41, 5.74) is 1.12. The Hall–Kier alpha value is -1.55. The summed E-state index contributed by atoms with van der Waals surface area (Å²) in [6.45, 7) is 5.67. The second kappa shape index (κ2) is 4.75. The van der Waals surface area contributed by atoms with E-state index in [1.807, 2.05) is 18.2 Å². The van der Waals surface area contributed by atoms with Gasteiger partial charge in [0.05, 0.1) is 6.54 Å². The maximum atomic E-state index is 10.3. The van der Waals surface area contributed by atoms with Gasteiger partial charge in [0.25, 0.3) is 0 Å². The second-order valence-electron chi connectivity index (χ2n) is 4.75. The Morgan fingerprint density at radius 3 is 2.88 bits per heavy atom. The van der Waals surface area contributed by atoms with Gasteiger partial charge in [0.1, 0.15) is 6.29 Å². The topological polar surface area (TPSA) is 47.6 Å². The molecule has 1 aliphatic heterocycles. The molecule has 2 rings (SSSR count). The lowest BCUT2D eigenvalue weighted by atomic mass is 9.84. The number of aldehydes is 1. The number of benzene rings is 1. The molecule has 17 heavy (non-hydrogen) atoms. The molecular formula is C13H17NO3. The average molecular weight is 235 g/mol. The van der Waals surface area contributed by atoms with E-state index in [0.717, 1.165) is 24.3 Å². The molecule has 1 N–H and O–H groups in total. The number of carbonyl (C=O) groups excluding carboxylic acids is 1. The van der Waals surface area contributed by atoms with E-state index in [2.05, 4.69) is 19.2 Å². The smallest absolute Gasteiger partial charge is 0.231 e. The van der Waals surface area contributed by atoms with Gasteiger partial charge >= 0.3 is 0 Å². The van der Waals surface area contributed by atoms with Gasteiger partial charge in [0.2, 0.25) is 6.79 Å². The number of fused-ring (bicyclic) bond motifs is 1. The molecule has 4 nitrogen and oxygen atoms in total. The Labute approximate surface area is 101 Å². The lowest BCUT2D eigenvalue weighted by molar-refractivity contribution is -0.107. The van der Waals surface area contributed by atoms with Crippen molar-refractivity contribution in [2.75, 3.05) is 19.9 Å². The third kappa shape index (κ3) is 2.58. The predicted molar refractivity (Wildman–Crippen MR) is 64.5 cm³/mol. The van der Waals surface area contributed by atoms with Crippen molar-refractivity contribution in [2.24, 2.45) is 0 Å². The van der Waals surface area contributed by atoms with Gasteiger partial charge in [-0.1, -0.05) is 19.9 Å². The van der Waals surface area contributed by atoms with Crippen molar-refractivity contribution in [3.8, 4) is 11.5 Å². The molecule has 92 valence electrons. The maximum absolute atomic E-state index is 10.3. The average Bonchev–Trinajstić information content (AvgIpc) is 2.76. The molecule has 1 aliphatic rings. The Morgan fingerprint density at radius 1 is 1.35 bits per heavy atom. The van der Waals surface area contributed by atoms with E-state index >= 15 is 0 Å². The molecule has 0 bridgehead atoms. The standard InChI is InChI=1S/C13H17NO3/c1-13(2,8-14-5-6-15)10-3-4-11-12(7-10)17-9-16-11/h3-4,6-7,14H,5,8-9H2,1-2H3. The van der Waals surface area contributed by atoms with E-state index in [1.54, 1.807) is 0 Å². The van der Waals surface area contributed by atoms with Crippen LogP contribution in [0.3, 0.4) is 0 Å². The highest BCUT2D eigenvalue weighted by Gasteiger charge is 2.23. The van der Waals surface area contributed by atoms with Crippen LogP contribution in [0.25, 0.3) is 0 Å². The summed E-state index contributed by atoms with van der Waals surface area (Å²) in [6.07, 6.45) is 0.871. The molecule has 0 saturated carbocycles. The van der Waals surface area contributed by atoms with Crippen molar-refractivity contribution < 1.29 is 14.3 Å². The Morgan fingerprint density at radius 2 is 2.12 bits per heavy atom. The third-order valence-corrected chi connectivity index (χ3v) is 2.95. The SMILES string of the molecule is CC(C)(CNCC=O)c1ccc2c(c1)OCO2. The molecule has 1 heterocycles. The van der Waals surface area contributed by atoms with Gasteiger partial charge in [-0.05, 0) is 17.7 Å². The number of carbonyl (C=O) groups is 1. The normalized spacial score (nSPS) is 13.8. The van der Waals surface area contributed by atoms with Gasteiger partial charge in [-0.15, -0.1) is 0 Å². The van der Waals surface area contributed by atoms with Gasteiger partial charge in [-0.3, -0.25) is 0 Å². The molecule has 0 fully saturated rings. The minimum absolute atomic E-state index is 0.0516. The third-order valence-electron chi connectivity index (χ3n) is 2.95. The first-order valence-corrected chi connectivity index (χ1v) is 5.68. The minimum Gasteiger partial charge on any atom is -0.454 e. The zero-order valence-electron chi connectivity index (χ0n) is 10.2. The van der Waals surface area contributed by atoms with Gasteiger partial charge in [0.15, 0.2) is 11.5 Å². The summed E-state index contributed by atoms with van der Waals surface area (Å²) in [5, 5.41) is 3.10. The summed E-state index contributed by atoms with van der Waals surface area (Å²) >= 11 is 0. The van der Waals surface area contributed by atoms with E-state index in [0.29, 0.717) is 13.3 Å². The molecule has 0 saturated heterocycles. The molecular weight excluding hydrogens is 218 g/mol. The van der Waals surface area contributed by atoms with Crippen LogP contribution in [0.5, 0.6) is 11.5 Å². The van der Waals surface area contributed by atoms with Crippen LogP contribution >= 0.6 is 0 Å². The molecule has 0 atom stereocenters. The largest absolute Gasteiger partial charge is 0.454 e. The number of hydrogen-bond acceptors (Lipinski definition) is 4. The van der Waals surface area contributed by atoms with E-state index in [1.165, 1.54) is 5.56 Å². The van der Waals surface area contributed by atoms with Crippen LogP contribution < -0.4 is 14.8 Å². The summed E-state index contributed by atoms with van der Waals surface area (Å²) in [6, 6.07) is 5.97. The zero-order chi connectivity index (χ0) is 12.3. The van der Waals surface area contributed by atoms with E-state index < -0.39 is 0 Å². The fraction of sp³-hybridized carbons (Fsp3) is 0.462. The predicted octanol–water partition coefficient (Wildman–Crippen LogP) is 1.48. The van der Waals surface area contributed by atoms with Crippen LogP contribution in [-0.2, 0) is 10.2 Å². The fourth-order valence-corrected chi connectivity index (χ4v) is 1.86. The minimum atomic E-state index is -0.0516. The first-order valence-electron chi connectivity index (χ1n) is 5.68. The molecule has 0 amide bonds. The fourth-order valence-electron chi connectivity index (χ4n) is 1.86. The quantitative estimate of drug-likeness (QED) is 0.620. The van der Waals surface area contributed by atoms with Crippen LogP contribution in [0.4, 0.5) is 0 Å². The van der Waals surface area contributed by atoms with Crippen LogP contribution in [0.2, 0.25) is 0 Å². The first kappa shape index (κ1) is 11.9. The number of hydrogen-bond donors (Lipinski definition) is 1. The van der Waals surface area contributed by atoms with Gasteiger partial charge in [-0.25, -0.2) is 0 Å². The van der Waals surface area contributed by atoms with Crippen LogP contribution in [0.1, 0.15) is 19.4 Å². The Kier molecular flexibility index (Phi) is 3.33. The summed E-state index contributed by atoms with van der Waals surface area (Å²) in [7, 11) is 0. The van der Waals surface area contributed by atoms with Crippen LogP contribution in [0, 0.1) is 0 Å². The summed E-state index contributed by atoms with van der Waals surface area (Å²) in [4.78, 5) is 10.3. The van der Waals surface area contributed by atoms with E-state index in [-0.39, 0.29) is 5.41 Å². The lowest BCUT2D eigenvalue weighted by Crippen LogP contribution is -2.33.